The van der Waals surface area contributed by atoms with Crippen LogP contribution in [0.5, 0.6) is 0 Å². The lowest BCUT2D eigenvalue weighted by atomic mass is 10.2. The number of aryl methyl sites for hydroxylation is 1. The van der Waals surface area contributed by atoms with Crippen LogP contribution in [0.2, 0.25) is 0 Å². The predicted molar refractivity (Wildman–Crippen MR) is 61.7 cm³/mol. The first-order valence-corrected chi connectivity index (χ1v) is 4.92. The van der Waals surface area contributed by atoms with E-state index in [9.17, 15) is 9.59 Å². The lowest BCUT2D eigenvalue weighted by molar-refractivity contribution is 0.102. The first-order chi connectivity index (χ1) is 8.16. The molecular formula is C11H10N4O2. The molecule has 0 spiro atoms. The molecular weight excluding hydrogens is 220 g/mol. The molecule has 0 fully saturated rings. The van der Waals surface area contributed by atoms with Crippen molar-refractivity contribution in [1.82, 2.24) is 14.5 Å². The molecule has 17 heavy (non-hydrogen) atoms. The van der Waals surface area contributed by atoms with E-state index in [0.717, 1.165) is 0 Å². The monoisotopic (exact) mass is 230 g/mol. The number of carbonyl (C=O) groups excluding carboxylic acids is 1. The van der Waals surface area contributed by atoms with E-state index in [1.165, 1.54) is 35.3 Å². The fourth-order valence-corrected chi connectivity index (χ4v) is 1.27. The van der Waals surface area contributed by atoms with Crippen LogP contribution in [0.3, 0.4) is 0 Å². The van der Waals surface area contributed by atoms with Crippen molar-refractivity contribution in [2.75, 3.05) is 5.32 Å². The Morgan fingerprint density at radius 1 is 1.29 bits per heavy atom. The molecule has 0 bridgehead atoms. The summed E-state index contributed by atoms with van der Waals surface area (Å²) in [6.07, 6.45) is 4.52. The second kappa shape index (κ2) is 4.56. The van der Waals surface area contributed by atoms with E-state index in [4.69, 9.17) is 0 Å². The maximum Gasteiger partial charge on any atom is 0.259 e. The standard InChI is InChI=1S/C11H10N4O2/c1-15-7-8(3-4-9(15)16)10(17)14-11-12-5-2-6-13-11/h2-7H,1H3,(H,12,13,14,17). The van der Waals surface area contributed by atoms with Gasteiger partial charge in [0.25, 0.3) is 5.91 Å². The largest absolute Gasteiger partial charge is 0.318 e. The van der Waals surface area contributed by atoms with Gasteiger partial charge < -0.3 is 4.57 Å². The molecule has 6 heteroatoms. The third-order valence-corrected chi connectivity index (χ3v) is 2.14. The highest BCUT2D eigenvalue weighted by molar-refractivity contribution is 6.03. The topological polar surface area (TPSA) is 76.9 Å². The molecule has 0 aliphatic rings. The van der Waals surface area contributed by atoms with Gasteiger partial charge in [0.2, 0.25) is 11.5 Å². The zero-order valence-electron chi connectivity index (χ0n) is 9.12. The fourth-order valence-electron chi connectivity index (χ4n) is 1.27. The molecule has 2 aromatic heterocycles. The normalized spacial score (nSPS) is 9.94. The molecule has 0 saturated heterocycles. The maximum absolute atomic E-state index is 11.8. The van der Waals surface area contributed by atoms with E-state index in [-0.39, 0.29) is 17.4 Å². The lowest BCUT2D eigenvalue weighted by Crippen LogP contribution is -2.20. The molecule has 2 aromatic rings. The van der Waals surface area contributed by atoms with Gasteiger partial charge in [-0.1, -0.05) is 0 Å². The van der Waals surface area contributed by atoms with E-state index in [1.807, 2.05) is 0 Å². The smallest absolute Gasteiger partial charge is 0.259 e. The zero-order valence-corrected chi connectivity index (χ0v) is 9.12. The summed E-state index contributed by atoms with van der Waals surface area (Å²) >= 11 is 0. The van der Waals surface area contributed by atoms with Gasteiger partial charge in [0.05, 0.1) is 5.56 Å². The van der Waals surface area contributed by atoms with Crippen molar-refractivity contribution in [3.63, 3.8) is 0 Å². The second-order valence-electron chi connectivity index (χ2n) is 3.39. The molecule has 2 heterocycles. The van der Waals surface area contributed by atoms with E-state index < -0.39 is 0 Å². The SMILES string of the molecule is Cn1cc(C(=O)Nc2ncccn2)ccc1=O. The number of amides is 1. The Labute approximate surface area is 97.0 Å². The number of rotatable bonds is 2. The van der Waals surface area contributed by atoms with Crippen molar-refractivity contribution in [3.05, 3.63) is 52.7 Å². The van der Waals surface area contributed by atoms with Crippen LogP contribution in [0.25, 0.3) is 0 Å². The number of carbonyl (C=O) groups is 1. The maximum atomic E-state index is 11.8. The molecule has 6 nitrogen and oxygen atoms in total. The van der Waals surface area contributed by atoms with Gasteiger partial charge in [-0.3, -0.25) is 14.9 Å². The van der Waals surface area contributed by atoms with Crippen molar-refractivity contribution in [2.45, 2.75) is 0 Å². The first-order valence-electron chi connectivity index (χ1n) is 4.92. The minimum absolute atomic E-state index is 0.169. The van der Waals surface area contributed by atoms with Gasteiger partial charge in [0.15, 0.2) is 0 Å². The molecule has 0 aliphatic carbocycles. The van der Waals surface area contributed by atoms with E-state index in [0.29, 0.717) is 5.56 Å². The quantitative estimate of drug-likeness (QED) is 0.811. The van der Waals surface area contributed by atoms with Crippen LogP contribution in [-0.4, -0.2) is 20.4 Å². The number of pyridine rings is 1. The third kappa shape index (κ3) is 2.54. The Kier molecular flexibility index (Phi) is 2.95. The van der Waals surface area contributed by atoms with Gasteiger partial charge in [-0.15, -0.1) is 0 Å². The highest BCUT2D eigenvalue weighted by Gasteiger charge is 2.07. The minimum atomic E-state index is -0.355. The van der Waals surface area contributed by atoms with E-state index >= 15 is 0 Å². The van der Waals surface area contributed by atoms with Crippen molar-refractivity contribution < 1.29 is 4.79 Å². The molecule has 0 unspecified atom stereocenters. The van der Waals surface area contributed by atoms with E-state index in [2.05, 4.69) is 15.3 Å². The number of hydrogen-bond acceptors (Lipinski definition) is 4. The molecule has 86 valence electrons. The Morgan fingerprint density at radius 2 is 2.00 bits per heavy atom. The molecule has 0 aromatic carbocycles. The van der Waals surface area contributed by atoms with Crippen LogP contribution in [0.1, 0.15) is 10.4 Å². The number of hydrogen-bond donors (Lipinski definition) is 1. The van der Waals surface area contributed by atoms with Gasteiger partial charge in [-0.05, 0) is 12.1 Å². The minimum Gasteiger partial charge on any atom is -0.318 e. The summed E-state index contributed by atoms with van der Waals surface area (Å²) in [5.41, 5.74) is 0.206. The predicted octanol–water partition coefficient (Wildman–Crippen LogP) is 0.428. The highest BCUT2D eigenvalue weighted by atomic mass is 16.2. The Balaban J connectivity index is 2.21. The first kappa shape index (κ1) is 11.0. The van der Waals surface area contributed by atoms with Crippen molar-refractivity contribution in [1.29, 1.82) is 0 Å². The average Bonchev–Trinajstić information content (AvgIpc) is 2.34. The van der Waals surface area contributed by atoms with Crippen molar-refractivity contribution >= 4 is 11.9 Å². The third-order valence-electron chi connectivity index (χ3n) is 2.14. The molecule has 1 amide bonds. The van der Waals surface area contributed by atoms with Crippen molar-refractivity contribution in [2.24, 2.45) is 7.05 Å². The highest BCUT2D eigenvalue weighted by Crippen LogP contribution is 2.00. The van der Waals surface area contributed by atoms with Gasteiger partial charge >= 0.3 is 0 Å². The molecule has 1 N–H and O–H groups in total. The van der Waals surface area contributed by atoms with Gasteiger partial charge in [0, 0.05) is 31.7 Å². The van der Waals surface area contributed by atoms with Crippen LogP contribution in [0.4, 0.5) is 5.95 Å². The van der Waals surface area contributed by atoms with Crippen LogP contribution in [0.15, 0.2) is 41.6 Å². The Bertz CT molecular complexity index is 592. The van der Waals surface area contributed by atoms with Crippen LogP contribution in [0, 0.1) is 0 Å². The summed E-state index contributed by atoms with van der Waals surface area (Å²) in [5, 5.41) is 2.53. The fraction of sp³-hybridized carbons (Fsp3) is 0.0909. The summed E-state index contributed by atoms with van der Waals surface area (Å²) < 4.78 is 1.33. The summed E-state index contributed by atoms with van der Waals surface area (Å²) in [5.74, 6) is -0.127. The molecule has 0 atom stereocenters. The molecule has 0 saturated carbocycles. The van der Waals surface area contributed by atoms with Crippen LogP contribution >= 0.6 is 0 Å². The summed E-state index contributed by atoms with van der Waals surface area (Å²) in [6.45, 7) is 0. The number of aromatic nitrogens is 3. The van der Waals surface area contributed by atoms with Gasteiger partial charge in [0.1, 0.15) is 0 Å². The summed E-state index contributed by atoms with van der Waals surface area (Å²) in [6, 6.07) is 4.45. The summed E-state index contributed by atoms with van der Waals surface area (Å²) in [7, 11) is 1.58. The van der Waals surface area contributed by atoms with Crippen LogP contribution < -0.4 is 10.9 Å². The molecule has 0 aliphatic heterocycles. The lowest BCUT2D eigenvalue weighted by Gasteiger charge is -2.04. The van der Waals surface area contributed by atoms with E-state index in [1.54, 1.807) is 13.1 Å². The molecule has 0 radical (unpaired) electrons. The van der Waals surface area contributed by atoms with Gasteiger partial charge in [-0.25, -0.2) is 9.97 Å². The molecule has 2 rings (SSSR count). The second-order valence-corrected chi connectivity index (χ2v) is 3.39. The number of nitrogens with one attached hydrogen (secondary N) is 1. The number of anilines is 1. The van der Waals surface area contributed by atoms with Crippen molar-refractivity contribution in [3.8, 4) is 0 Å². The summed E-state index contributed by atoms with van der Waals surface area (Å²) in [4.78, 5) is 30.7. The Hall–Kier alpha value is -2.50. The number of nitrogens with zero attached hydrogens (tertiary/aromatic N) is 3. The van der Waals surface area contributed by atoms with Gasteiger partial charge in [-0.2, -0.15) is 0 Å². The Morgan fingerprint density at radius 3 is 2.65 bits per heavy atom. The van der Waals surface area contributed by atoms with Crippen LogP contribution in [-0.2, 0) is 7.05 Å². The average molecular weight is 230 g/mol. The zero-order chi connectivity index (χ0) is 12.3.